The standard InChI is InChI=1S/C17H13N3O2/c21-16-11-20-15(10-19(16)12-6-2-1-3-7-12)18-14-9-5-4-8-13(14)17(20)22/h1-9H,10-11H2. The molecule has 0 spiro atoms. The zero-order chi connectivity index (χ0) is 15.1. The predicted molar refractivity (Wildman–Crippen MR) is 83.6 cm³/mol. The van der Waals surface area contributed by atoms with Crippen molar-refractivity contribution in [2.24, 2.45) is 0 Å². The summed E-state index contributed by atoms with van der Waals surface area (Å²) in [7, 11) is 0. The first-order valence-corrected chi connectivity index (χ1v) is 7.08. The number of carbonyl (C=O) groups is 1. The van der Waals surface area contributed by atoms with Crippen LogP contribution in [0.2, 0.25) is 0 Å². The Labute approximate surface area is 126 Å². The average molecular weight is 291 g/mol. The highest BCUT2D eigenvalue weighted by molar-refractivity contribution is 5.94. The Morgan fingerprint density at radius 2 is 1.59 bits per heavy atom. The minimum atomic E-state index is -0.151. The molecule has 0 radical (unpaired) electrons. The van der Waals surface area contributed by atoms with E-state index >= 15 is 0 Å². The third-order valence-electron chi connectivity index (χ3n) is 3.90. The number of nitrogens with zero attached hydrogens (tertiary/aromatic N) is 3. The van der Waals surface area contributed by atoms with E-state index in [0.29, 0.717) is 23.3 Å². The molecule has 0 unspecified atom stereocenters. The average Bonchev–Trinajstić information content (AvgIpc) is 2.56. The van der Waals surface area contributed by atoms with Gasteiger partial charge in [-0.15, -0.1) is 0 Å². The maximum Gasteiger partial charge on any atom is 0.261 e. The summed E-state index contributed by atoms with van der Waals surface area (Å²) in [6.45, 7) is 0.337. The van der Waals surface area contributed by atoms with Crippen LogP contribution in [0.25, 0.3) is 10.9 Å². The maximum atomic E-state index is 12.5. The second-order valence-electron chi connectivity index (χ2n) is 5.25. The van der Waals surface area contributed by atoms with Gasteiger partial charge in [0, 0.05) is 5.69 Å². The first kappa shape index (κ1) is 12.8. The molecule has 1 aliphatic heterocycles. The molecule has 22 heavy (non-hydrogen) atoms. The van der Waals surface area contributed by atoms with Crippen LogP contribution in [0.5, 0.6) is 0 Å². The molecule has 108 valence electrons. The van der Waals surface area contributed by atoms with Crippen molar-refractivity contribution >= 4 is 22.5 Å². The molecule has 0 aliphatic carbocycles. The monoisotopic (exact) mass is 291 g/mol. The Bertz CT molecular complexity index is 932. The molecule has 4 rings (SSSR count). The third kappa shape index (κ3) is 1.90. The molecule has 0 saturated carbocycles. The second-order valence-corrected chi connectivity index (χ2v) is 5.25. The Kier molecular flexibility index (Phi) is 2.79. The summed E-state index contributed by atoms with van der Waals surface area (Å²) in [5.41, 5.74) is 1.34. The molecule has 0 saturated heterocycles. The first-order valence-electron chi connectivity index (χ1n) is 7.08. The summed E-state index contributed by atoms with van der Waals surface area (Å²) < 4.78 is 1.48. The van der Waals surface area contributed by atoms with Gasteiger partial charge in [-0.3, -0.25) is 14.2 Å². The minimum absolute atomic E-state index is 0.0287. The smallest absolute Gasteiger partial charge is 0.261 e. The van der Waals surface area contributed by atoms with Crippen LogP contribution in [0.15, 0.2) is 59.4 Å². The molecule has 2 heterocycles. The molecular weight excluding hydrogens is 278 g/mol. The maximum absolute atomic E-state index is 12.5. The van der Waals surface area contributed by atoms with Crippen LogP contribution < -0.4 is 10.5 Å². The highest BCUT2D eigenvalue weighted by Gasteiger charge is 2.26. The fraction of sp³-hybridized carbons (Fsp3) is 0.118. The van der Waals surface area contributed by atoms with E-state index in [2.05, 4.69) is 4.98 Å². The minimum Gasteiger partial charge on any atom is -0.303 e. The Morgan fingerprint density at radius 3 is 2.41 bits per heavy atom. The van der Waals surface area contributed by atoms with Crippen LogP contribution in [0.3, 0.4) is 0 Å². The van der Waals surface area contributed by atoms with Crippen LogP contribution in [0, 0.1) is 0 Å². The van der Waals surface area contributed by atoms with E-state index in [1.807, 2.05) is 42.5 Å². The number of hydrogen-bond donors (Lipinski definition) is 0. The lowest BCUT2D eigenvalue weighted by atomic mass is 10.2. The topological polar surface area (TPSA) is 55.2 Å². The molecule has 0 N–H and O–H groups in total. The fourth-order valence-corrected chi connectivity index (χ4v) is 2.79. The van der Waals surface area contributed by atoms with Crippen molar-refractivity contribution in [1.82, 2.24) is 9.55 Å². The van der Waals surface area contributed by atoms with Crippen LogP contribution in [0.4, 0.5) is 5.69 Å². The molecule has 0 bridgehead atoms. The quantitative estimate of drug-likeness (QED) is 0.688. The van der Waals surface area contributed by atoms with Gasteiger partial charge in [0.25, 0.3) is 5.56 Å². The van der Waals surface area contributed by atoms with Crippen LogP contribution >= 0.6 is 0 Å². The number of benzene rings is 2. The molecule has 1 amide bonds. The fourth-order valence-electron chi connectivity index (χ4n) is 2.79. The highest BCUT2D eigenvalue weighted by atomic mass is 16.2. The van der Waals surface area contributed by atoms with E-state index in [9.17, 15) is 9.59 Å². The predicted octanol–water partition coefficient (Wildman–Crippen LogP) is 1.94. The van der Waals surface area contributed by atoms with Gasteiger partial charge >= 0.3 is 0 Å². The molecule has 3 aromatic rings. The molecule has 2 aromatic carbocycles. The molecular formula is C17H13N3O2. The van der Waals surface area contributed by atoms with Gasteiger partial charge in [-0.05, 0) is 24.3 Å². The van der Waals surface area contributed by atoms with Crippen LogP contribution in [0.1, 0.15) is 5.82 Å². The summed E-state index contributed by atoms with van der Waals surface area (Å²) in [5, 5.41) is 0.548. The van der Waals surface area contributed by atoms with Gasteiger partial charge in [0.1, 0.15) is 12.4 Å². The number of amides is 1. The molecule has 0 atom stereocenters. The summed E-state index contributed by atoms with van der Waals surface area (Å²) in [4.78, 5) is 31.1. The van der Waals surface area contributed by atoms with Crippen molar-refractivity contribution in [3.8, 4) is 0 Å². The van der Waals surface area contributed by atoms with Crippen molar-refractivity contribution in [3.63, 3.8) is 0 Å². The zero-order valence-electron chi connectivity index (χ0n) is 11.8. The lowest BCUT2D eigenvalue weighted by molar-refractivity contribution is -0.120. The van der Waals surface area contributed by atoms with Crippen LogP contribution in [-0.4, -0.2) is 15.5 Å². The van der Waals surface area contributed by atoms with Crippen molar-refractivity contribution < 1.29 is 4.79 Å². The summed E-state index contributed by atoms with van der Waals surface area (Å²) >= 11 is 0. The van der Waals surface area contributed by atoms with E-state index in [-0.39, 0.29) is 18.0 Å². The summed E-state index contributed by atoms with van der Waals surface area (Å²) in [6, 6.07) is 16.7. The van der Waals surface area contributed by atoms with Gasteiger partial charge in [0.2, 0.25) is 5.91 Å². The van der Waals surface area contributed by atoms with Gasteiger partial charge in [0.05, 0.1) is 17.4 Å². The lowest BCUT2D eigenvalue weighted by Crippen LogP contribution is -2.44. The van der Waals surface area contributed by atoms with Gasteiger partial charge in [0.15, 0.2) is 0 Å². The normalized spacial score (nSPS) is 14.2. The number of fused-ring (bicyclic) bond motifs is 2. The third-order valence-corrected chi connectivity index (χ3v) is 3.90. The van der Waals surface area contributed by atoms with Gasteiger partial charge in [-0.1, -0.05) is 30.3 Å². The van der Waals surface area contributed by atoms with E-state index in [1.54, 1.807) is 17.0 Å². The molecule has 1 aromatic heterocycles. The van der Waals surface area contributed by atoms with E-state index in [4.69, 9.17) is 0 Å². The number of para-hydroxylation sites is 2. The van der Waals surface area contributed by atoms with E-state index in [0.717, 1.165) is 5.69 Å². The number of rotatable bonds is 1. The number of carbonyl (C=O) groups excluding carboxylic acids is 1. The molecule has 5 heteroatoms. The van der Waals surface area contributed by atoms with Crippen molar-refractivity contribution in [2.45, 2.75) is 13.1 Å². The Morgan fingerprint density at radius 1 is 0.864 bits per heavy atom. The first-order chi connectivity index (χ1) is 10.7. The number of anilines is 1. The molecule has 5 nitrogen and oxygen atoms in total. The van der Waals surface area contributed by atoms with Crippen molar-refractivity contribution in [2.75, 3.05) is 4.90 Å². The molecule has 1 aliphatic rings. The SMILES string of the molecule is O=C1Cn2c(nc3ccccc3c2=O)CN1c1ccccc1. The van der Waals surface area contributed by atoms with Gasteiger partial charge < -0.3 is 4.90 Å². The van der Waals surface area contributed by atoms with Crippen molar-refractivity contribution in [1.29, 1.82) is 0 Å². The van der Waals surface area contributed by atoms with Gasteiger partial charge in [-0.25, -0.2) is 4.98 Å². The van der Waals surface area contributed by atoms with Crippen LogP contribution in [-0.2, 0) is 17.9 Å². The zero-order valence-corrected chi connectivity index (χ0v) is 11.8. The van der Waals surface area contributed by atoms with Crippen molar-refractivity contribution in [3.05, 3.63) is 70.8 Å². The largest absolute Gasteiger partial charge is 0.303 e. The number of aromatic nitrogens is 2. The Balaban J connectivity index is 1.87. The second kappa shape index (κ2) is 4.80. The molecule has 0 fully saturated rings. The summed E-state index contributed by atoms with van der Waals surface area (Å²) in [6.07, 6.45) is 0. The van der Waals surface area contributed by atoms with Gasteiger partial charge in [-0.2, -0.15) is 0 Å². The summed E-state index contributed by atoms with van der Waals surface area (Å²) in [5.74, 6) is 0.519. The van der Waals surface area contributed by atoms with E-state index in [1.165, 1.54) is 4.57 Å². The lowest BCUT2D eigenvalue weighted by Gasteiger charge is -2.29. The van der Waals surface area contributed by atoms with E-state index < -0.39 is 0 Å². The highest BCUT2D eigenvalue weighted by Crippen LogP contribution is 2.20. The number of hydrogen-bond acceptors (Lipinski definition) is 3. The Hall–Kier alpha value is -2.95.